The number of amides is 5. The first kappa shape index (κ1) is 73.3. The maximum absolute atomic E-state index is 14.4. The van der Waals surface area contributed by atoms with Gasteiger partial charge in [0.05, 0.1) is 31.9 Å². The second-order valence-electron chi connectivity index (χ2n) is 23.0. The zero-order chi connectivity index (χ0) is 64.2. The lowest BCUT2D eigenvalue weighted by Gasteiger charge is -2.34. The molecule has 0 aliphatic heterocycles. The van der Waals surface area contributed by atoms with Crippen molar-refractivity contribution in [1.82, 2.24) is 31.1 Å². The summed E-state index contributed by atoms with van der Waals surface area (Å²) >= 11 is 25.0. The van der Waals surface area contributed by atoms with E-state index in [4.69, 9.17) is 65.4 Å². The monoisotopic (exact) mass is 1290 g/mol. The average Bonchev–Trinajstić information content (AvgIpc) is 1.82. The molecule has 22 heteroatoms. The van der Waals surface area contributed by atoms with Crippen LogP contribution >= 0.6 is 58.2 Å². The van der Waals surface area contributed by atoms with Gasteiger partial charge in [0.2, 0.25) is 33.3 Å². The lowest BCUT2D eigenvalue weighted by atomic mass is 9.90. The van der Waals surface area contributed by atoms with Crippen molar-refractivity contribution >= 4 is 99.6 Å². The van der Waals surface area contributed by atoms with E-state index in [0.29, 0.717) is 35.1 Å². The van der Waals surface area contributed by atoms with Crippen LogP contribution in [0.4, 0.5) is 0 Å². The summed E-state index contributed by atoms with van der Waals surface area (Å²) in [6, 6.07) is 18.8. The molecule has 0 aromatic heterocycles. The van der Waals surface area contributed by atoms with E-state index in [1.165, 1.54) is 59.9 Å². The molecule has 4 N–H and O–H groups in total. The van der Waals surface area contributed by atoms with Crippen LogP contribution in [0.3, 0.4) is 0 Å². The van der Waals surface area contributed by atoms with Crippen LogP contribution in [-0.4, -0.2) is 150 Å². The Morgan fingerprint density at radius 3 is 1.99 bits per heavy atom. The van der Waals surface area contributed by atoms with Crippen molar-refractivity contribution in [3.05, 3.63) is 118 Å². The molecule has 5 amide bonds. The molecular formula is C64H88Cl4N6O11S. The van der Waals surface area contributed by atoms with Crippen molar-refractivity contribution in [2.24, 2.45) is 17.8 Å². The van der Waals surface area contributed by atoms with Gasteiger partial charge < -0.3 is 44.7 Å². The number of esters is 2. The Bertz CT molecular complexity index is 2800. The highest BCUT2D eigenvalue weighted by Crippen LogP contribution is 2.44. The van der Waals surface area contributed by atoms with E-state index in [-0.39, 0.29) is 49.7 Å². The van der Waals surface area contributed by atoms with Gasteiger partial charge in [-0.1, -0.05) is 160 Å². The van der Waals surface area contributed by atoms with E-state index >= 15 is 0 Å². The van der Waals surface area contributed by atoms with Crippen LogP contribution in [-0.2, 0) is 58.9 Å². The van der Waals surface area contributed by atoms with E-state index in [1.807, 2.05) is 78.1 Å². The number of nitrogens with one attached hydrogen (secondary N) is 4. The number of allylic oxidation sites excluding steroid dienone is 1. The van der Waals surface area contributed by atoms with Crippen molar-refractivity contribution in [2.75, 3.05) is 52.8 Å². The number of alkyl halides is 3. The van der Waals surface area contributed by atoms with Crippen molar-refractivity contribution in [2.45, 2.75) is 153 Å². The van der Waals surface area contributed by atoms with Crippen LogP contribution in [0, 0.1) is 17.8 Å². The average molecular weight is 1290 g/mol. The SMILES string of the molecule is C/C=C(\C)[C@@H](OC(=O)C(C)(C)NCOCC1c2ccccc2-c2ccccc21)[C@@H](C)[C@H](C/C=C(\C)C(=O)N[C@H](CC(C)C)C(=O)N[C@@H](C)C(=O)N(C)[C@H](Cc1ccc(Cl)cc1)C(=O)N(C)CC(=O)N[C@H](C(=O)OCC(Cl)(Cl)Cl)[C@H](C)CC)OCSC. The van der Waals surface area contributed by atoms with Gasteiger partial charge in [-0.2, -0.15) is 0 Å². The number of fused-ring (bicyclic) bond motifs is 3. The number of hydrogen-bond donors (Lipinski definition) is 4. The Morgan fingerprint density at radius 2 is 1.43 bits per heavy atom. The Hall–Kier alpha value is -5.18. The van der Waals surface area contributed by atoms with Crippen molar-refractivity contribution in [3.63, 3.8) is 0 Å². The van der Waals surface area contributed by atoms with Crippen molar-refractivity contribution in [1.29, 1.82) is 0 Å². The van der Waals surface area contributed by atoms with Gasteiger partial charge in [0, 0.05) is 42.9 Å². The third-order valence-corrected chi connectivity index (χ3v) is 16.4. The number of rotatable bonds is 33. The molecule has 8 atom stereocenters. The van der Waals surface area contributed by atoms with E-state index in [9.17, 15) is 33.6 Å². The number of halogens is 4. The third kappa shape index (κ3) is 21.8. The summed E-state index contributed by atoms with van der Waals surface area (Å²) in [5.74, 6) is -4.82. The molecule has 0 fully saturated rings. The zero-order valence-corrected chi connectivity index (χ0v) is 55.9. The number of benzene rings is 3. The predicted octanol–water partition coefficient (Wildman–Crippen LogP) is 10.4. The van der Waals surface area contributed by atoms with E-state index in [1.54, 1.807) is 58.0 Å². The second kappa shape index (κ2) is 34.5. The van der Waals surface area contributed by atoms with Gasteiger partial charge >= 0.3 is 11.9 Å². The zero-order valence-electron chi connectivity index (χ0n) is 52.0. The van der Waals surface area contributed by atoms with Crippen LogP contribution in [0.1, 0.15) is 118 Å². The molecule has 3 aromatic rings. The molecule has 17 nitrogen and oxygen atoms in total. The summed E-state index contributed by atoms with van der Waals surface area (Å²) in [4.78, 5) is 99.7. The summed E-state index contributed by atoms with van der Waals surface area (Å²) in [5, 5.41) is 12.0. The number of nitrogens with zero attached hydrogens (tertiary/aromatic N) is 2. The molecule has 0 saturated heterocycles. The van der Waals surface area contributed by atoms with Gasteiger partial charge in [0.15, 0.2) is 0 Å². The Kier molecular flexibility index (Phi) is 29.4. The minimum Gasteiger partial charge on any atom is -0.460 e. The topological polar surface area (TPSA) is 211 Å². The maximum Gasteiger partial charge on any atom is 0.329 e. The number of thioether (sulfide) groups is 1. The fraction of sp³-hybridized carbons (Fsp3) is 0.547. The minimum absolute atomic E-state index is 0.00321. The maximum atomic E-state index is 14.4. The summed E-state index contributed by atoms with van der Waals surface area (Å²) in [7, 11) is 2.81. The highest BCUT2D eigenvalue weighted by atomic mass is 35.6. The quantitative estimate of drug-likeness (QED) is 0.0112. The fourth-order valence-corrected chi connectivity index (χ4v) is 10.5. The summed E-state index contributed by atoms with van der Waals surface area (Å²) in [6.07, 6.45) is 5.31. The molecule has 0 bridgehead atoms. The molecule has 86 heavy (non-hydrogen) atoms. The highest BCUT2D eigenvalue weighted by Gasteiger charge is 2.39. The molecule has 3 aromatic carbocycles. The van der Waals surface area contributed by atoms with E-state index in [0.717, 1.165) is 10.5 Å². The number of hydrogen-bond acceptors (Lipinski definition) is 13. The minimum atomic E-state index is -1.87. The smallest absolute Gasteiger partial charge is 0.329 e. The molecular weight excluding hydrogens is 1200 g/mol. The van der Waals surface area contributed by atoms with Crippen LogP contribution in [0.15, 0.2) is 96.1 Å². The summed E-state index contributed by atoms with van der Waals surface area (Å²) < 4.78 is 22.2. The van der Waals surface area contributed by atoms with Crippen molar-refractivity contribution in [3.8, 4) is 11.1 Å². The van der Waals surface area contributed by atoms with Crippen LogP contribution in [0.25, 0.3) is 11.1 Å². The first-order chi connectivity index (χ1) is 40.4. The van der Waals surface area contributed by atoms with E-state index < -0.39 is 100 Å². The molecule has 474 valence electrons. The van der Waals surface area contributed by atoms with Gasteiger partial charge in [-0.25, -0.2) is 4.79 Å². The van der Waals surface area contributed by atoms with Gasteiger partial charge in [-0.05, 0) is 118 Å². The first-order valence-electron chi connectivity index (χ1n) is 29.0. The lowest BCUT2D eigenvalue weighted by molar-refractivity contribution is -0.159. The number of ether oxygens (including phenoxy) is 4. The molecule has 0 saturated carbocycles. The fourth-order valence-electron chi connectivity index (χ4n) is 9.85. The standard InChI is InChI=1S/C64H88Cl4N6O11S/c1-15-39(5)55(61(80)83-35-64(66,67)68)72-54(75)33-73(12)60(79)52(32-44-26-28-45(65)29-27-44)74(13)59(78)43(9)70-58(77)51(31-38(3)4)71-57(76)41(7)25-30-53(84-37-86-14)42(8)56(40(6)16-2)85-62(81)63(10,11)69-36-82-34-50-48-23-19-17-21-46(48)47-22-18-20-24-49(47)50/h16-29,38-39,42-43,50-53,55-56,69H,15,30-37H2,1-14H3,(H,70,77)(H,71,76)(H,72,75)/b40-16+,41-25+/t39-,42+,43+,51-,52-,53+,55+,56-/m1/s1. The molecule has 4 rings (SSSR count). The van der Waals surface area contributed by atoms with Crippen molar-refractivity contribution < 1.29 is 52.5 Å². The predicted molar refractivity (Wildman–Crippen MR) is 343 cm³/mol. The molecule has 0 radical (unpaired) electrons. The van der Waals surface area contributed by atoms with Gasteiger partial charge in [-0.15, -0.1) is 11.8 Å². The number of carbonyl (C=O) groups excluding carboxylic acids is 7. The number of likely N-dealkylation sites (N-methyl/N-ethyl adjacent to an activating group) is 2. The third-order valence-electron chi connectivity index (χ3n) is 15.4. The number of carbonyl (C=O) groups is 7. The molecule has 1 aliphatic rings. The van der Waals surface area contributed by atoms with Crippen LogP contribution < -0.4 is 21.3 Å². The van der Waals surface area contributed by atoms with Crippen LogP contribution in [0.5, 0.6) is 0 Å². The van der Waals surface area contributed by atoms with Gasteiger partial charge in [-0.3, -0.25) is 34.1 Å². The lowest BCUT2D eigenvalue weighted by Crippen LogP contribution is -2.57. The Morgan fingerprint density at radius 1 is 0.826 bits per heavy atom. The summed E-state index contributed by atoms with van der Waals surface area (Å²) in [5.41, 5.74) is 5.46. The van der Waals surface area contributed by atoms with Crippen LogP contribution in [0.2, 0.25) is 5.02 Å². The van der Waals surface area contributed by atoms with E-state index in [2.05, 4.69) is 45.5 Å². The molecule has 1 aliphatic carbocycles. The normalized spacial score (nSPS) is 15.6. The molecule has 0 heterocycles. The largest absolute Gasteiger partial charge is 0.460 e. The molecule has 0 unspecified atom stereocenters. The first-order valence-corrected chi connectivity index (χ1v) is 31.9. The van der Waals surface area contributed by atoms with Gasteiger partial charge in [0.1, 0.15) is 42.4 Å². The molecule has 0 spiro atoms. The second-order valence-corrected chi connectivity index (χ2v) is 26.8. The highest BCUT2D eigenvalue weighted by molar-refractivity contribution is 7.98. The summed E-state index contributed by atoms with van der Waals surface area (Å²) in [6.45, 7) is 19.2. The Labute approximate surface area is 533 Å². The van der Waals surface area contributed by atoms with Gasteiger partial charge in [0.25, 0.3) is 0 Å². The Balaban J connectivity index is 1.43.